The lowest BCUT2D eigenvalue weighted by molar-refractivity contribution is -0.142. The van der Waals surface area contributed by atoms with Gasteiger partial charge in [-0.1, -0.05) is 18.2 Å². The standard InChI is InChI=1S/C17H19NO3/c1-10-14(12-4-2-3-5-16(12)21-10)9-18-11-6-7-15(18)13(8-11)17(19)20/h2-5,11,13,15H,6-9H2,1H3,(H,19,20). The van der Waals surface area contributed by atoms with Gasteiger partial charge in [0.2, 0.25) is 0 Å². The number of carboxylic acids is 1. The minimum Gasteiger partial charge on any atom is -0.481 e. The SMILES string of the molecule is Cc1oc2ccccc2c1CN1C2CCC1C(C(=O)O)C2. The van der Waals surface area contributed by atoms with Crippen LogP contribution in [-0.2, 0) is 11.3 Å². The topological polar surface area (TPSA) is 53.7 Å². The first-order chi connectivity index (χ1) is 10.1. The third kappa shape index (κ3) is 1.89. The second kappa shape index (κ2) is 4.60. The van der Waals surface area contributed by atoms with Crippen molar-refractivity contribution in [3.05, 3.63) is 35.6 Å². The molecule has 0 saturated carbocycles. The van der Waals surface area contributed by atoms with Crippen LogP contribution in [0.25, 0.3) is 11.0 Å². The maximum absolute atomic E-state index is 11.4. The zero-order chi connectivity index (χ0) is 14.6. The first kappa shape index (κ1) is 12.9. The third-order valence-electron chi connectivity index (χ3n) is 5.24. The van der Waals surface area contributed by atoms with E-state index in [4.69, 9.17) is 4.42 Å². The molecule has 0 aliphatic carbocycles. The van der Waals surface area contributed by atoms with Gasteiger partial charge >= 0.3 is 5.97 Å². The molecule has 0 amide bonds. The number of fused-ring (bicyclic) bond motifs is 3. The van der Waals surface area contributed by atoms with E-state index in [2.05, 4.69) is 11.0 Å². The van der Waals surface area contributed by atoms with Crippen LogP contribution in [0, 0.1) is 12.8 Å². The molecule has 4 heteroatoms. The number of aryl methyl sites for hydroxylation is 1. The molecule has 2 aliphatic heterocycles. The van der Waals surface area contributed by atoms with Gasteiger partial charge in [-0.2, -0.15) is 0 Å². The molecule has 3 heterocycles. The van der Waals surface area contributed by atoms with E-state index < -0.39 is 5.97 Å². The number of benzene rings is 1. The molecule has 0 spiro atoms. The number of furan rings is 1. The van der Waals surface area contributed by atoms with E-state index in [1.165, 1.54) is 5.56 Å². The molecular formula is C17H19NO3. The van der Waals surface area contributed by atoms with Crippen LogP contribution in [0.3, 0.4) is 0 Å². The average Bonchev–Trinajstić information content (AvgIpc) is 3.11. The second-order valence-electron chi connectivity index (χ2n) is 6.28. The van der Waals surface area contributed by atoms with Crippen LogP contribution in [-0.4, -0.2) is 28.1 Å². The van der Waals surface area contributed by atoms with Crippen molar-refractivity contribution in [1.29, 1.82) is 0 Å². The summed E-state index contributed by atoms with van der Waals surface area (Å²) in [6.45, 7) is 2.81. The van der Waals surface area contributed by atoms with Crippen LogP contribution in [0.4, 0.5) is 0 Å². The predicted molar refractivity (Wildman–Crippen MR) is 79.0 cm³/mol. The largest absolute Gasteiger partial charge is 0.481 e. The van der Waals surface area contributed by atoms with Gasteiger partial charge in [0, 0.05) is 29.6 Å². The van der Waals surface area contributed by atoms with Gasteiger partial charge in [0.1, 0.15) is 11.3 Å². The van der Waals surface area contributed by atoms with Crippen molar-refractivity contribution in [1.82, 2.24) is 4.90 Å². The number of hydrogen-bond acceptors (Lipinski definition) is 3. The van der Waals surface area contributed by atoms with E-state index in [0.29, 0.717) is 6.04 Å². The van der Waals surface area contributed by atoms with Crippen molar-refractivity contribution in [3.8, 4) is 0 Å². The van der Waals surface area contributed by atoms with Crippen LogP contribution in [0.2, 0.25) is 0 Å². The molecular weight excluding hydrogens is 266 g/mol. The van der Waals surface area contributed by atoms with Gasteiger partial charge in [0.15, 0.2) is 0 Å². The molecule has 3 atom stereocenters. The zero-order valence-corrected chi connectivity index (χ0v) is 12.1. The maximum atomic E-state index is 11.4. The predicted octanol–water partition coefficient (Wildman–Crippen LogP) is 3.18. The van der Waals surface area contributed by atoms with Gasteiger partial charge in [-0.25, -0.2) is 0 Å². The lowest BCUT2D eigenvalue weighted by Gasteiger charge is -2.22. The highest BCUT2D eigenvalue weighted by molar-refractivity contribution is 5.82. The molecule has 1 aromatic carbocycles. The molecule has 3 unspecified atom stereocenters. The molecule has 110 valence electrons. The summed E-state index contributed by atoms with van der Waals surface area (Å²) >= 11 is 0. The molecule has 1 N–H and O–H groups in total. The fourth-order valence-electron chi connectivity index (χ4n) is 4.21. The Labute approximate surface area is 123 Å². The first-order valence-corrected chi connectivity index (χ1v) is 7.60. The third-order valence-corrected chi connectivity index (χ3v) is 5.24. The van der Waals surface area contributed by atoms with E-state index in [1.807, 2.05) is 25.1 Å². The zero-order valence-electron chi connectivity index (χ0n) is 12.1. The van der Waals surface area contributed by atoms with E-state index >= 15 is 0 Å². The van der Waals surface area contributed by atoms with Crippen LogP contribution in [0.15, 0.2) is 28.7 Å². The maximum Gasteiger partial charge on any atom is 0.308 e. The van der Waals surface area contributed by atoms with Crippen LogP contribution >= 0.6 is 0 Å². The van der Waals surface area contributed by atoms with Crippen LogP contribution < -0.4 is 0 Å². The van der Waals surface area contributed by atoms with E-state index in [-0.39, 0.29) is 12.0 Å². The van der Waals surface area contributed by atoms with Crippen molar-refractivity contribution in [2.45, 2.75) is 44.8 Å². The van der Waals surface area contributed by atoms with Gasteiger partial charge in [-0.3, -0.25) is 9.69 Å². The summed E-state index contributed by atoms with van der Waals surface area (Å²) in [5, 5.41) is 10.5. The summed E-state index contributed by atoms with van der Waals surface area (Å²) in [5.74, 6) is 0.123. The second-order valence-corrected chi connectivity index (χ2v) is 6.28. The van der Waals surface area contributed by atoms with Gasteiger partial charge in [-0.05, 0) is 32.3 Å². The molecule has 1 aromatic heterocycles. The van der Waals surface area contributed by atoms with Gasteiger partial charge in [-0.15, -0.1) is 0 Å². The van der Waals surface area contributed by atoms with Crippen molar-refractivity contribution >= 4 is 16.9 Å². The minimum atomic E-state index is -0.638. The van der Waals surface area contributed by atoms with Gasteiger partial charge in [0.05, 0.1) is 5.92 Å². The average molecular weight is 285 g/mol. The Hall–Kier alpha value is -1.81. The van der Waals surface area contributed by atoms with E-state index in [0.717, 1.165) is 42.5 Å². The minimum absolute atomic E-state index is 0.192. The number of nitrogens with zero attached hydrogens (tertiary/aromatic N) is 1. The summed E-state index contributed by atoms with van der Waals surface area (Å²) < 4.78 is 5.83. The highest BCUT2D eigenvalue weighted by atomic mass is 16.4. The Morgan fingerprint density at radius 1 is 1.38 bits per heavy atom. The number of para-hydroxylation sites is 1. The van der Waals surface area contributed by atoms with Crippen LogP contribution in [0.5, 0.6) is 0 Å². The highest BCUT2D eigenvalue weighted by Gasteiger charge is 2.49. The highest BCUT2D eigenvalue weighted by Crippen LogP contribution is 2.43. The summed E-state index contributed by atoms with van der Waals surface area (Å²) in [6.07, 6.45) is 2.94. The summed E-state index contributed by atoms with van der Waals surface area (Å²) in [6, 6.07) is 8.71. The monoisotopic (exact) mass is 285 g/mol. The van der Waals surface area contributed by atoms with Crippen LogP contribution in [0.1, 0.15) is 30.6 Å². The molecule has 2 aromatic rings. The molecule has 4 nitrogen and oxygen atoms in total. The Morgan fingerprint density at radius 3 is 2.95 bits per heavy atom. The summed E-state index contributed by atoms with van der Waals surface area (Å²) in [5.41, 5.74) is 2.14. The number of rotatable bonds is 3. The fraction of sp³-hybridized carbons (Fsp3) is 0.471. The number of aliphatic carboxylic acids is 1. The number of carbonyl (C=O) groups is 1. The van der Waals surface area contributed by atoms with E-state index in [9.17, 15) is 9.90 Å². The van der Waals surface area contributed by atoms with Crippen molar-refractivity contribution in [2.24, 2.45) is 5.92 Å². The smallest absolute Gasteiger partial charge is 0.308 e. The summed E-state index contributed by atoms with van der Waals surface area (Å²) in [7, 11) is 0. The van der Waals surface area contributed by atoms with Crippen molar-refractivity contribution < 1.29 is 14.3 Å². The Balaban J connectivity index is 1.67. The lowest BCUT2D eigenvalue weighted by atomic mass is 9.89. The fourth-order valence-corrected chi connectivity index (χ4v) is 4.21. The summed E-state index contributed by atoms with van der Waals surface area (Å²) in [4.78, 5) is 13.8. The van der Waals surface area contributed by atoms with Gasteiger partial charge < -0.3 is 9.52 Å². The number of carboxylic acid groups (broad SMARTS) is 1. The first-order valence-electron chi connectivity index (χ1n) is 7.60. The molecule has 21 heavy (non-hydrogen) atoms. The normalized spacial score (nSPS) is 28.5. The van der Waals surface area contributed by atoms with Crippen molar-refractivity contribution in [2.75, 3.05) is 0 Å². The molecule has 4 rings (SSSR count). The Kier molecular flexibility index (Phi) is 2.82. The quantitative estimate of drug-likeness (QED) is 0.941. The molecule has 0 radical (unpaired) electrons. The van der Waals surface area contributed by atoms with Gasteiger partial charge in [0.25, 0.3) is 0 Å². The Morgan fingerprint density at radius 2 is 2.19 bits per heavy atom. The molecule has 2 aliphatic rings. The molecule has 2 bridgehead atoms. The number of hydrogen-bond donors (Lipinski definition) is 1. The lowest BCUT2D eigenvalue weighted by Crippen LogP contribution is -2.32. The molecule has 2 saturated heterocycles. The van der Waals surface area contributed by atoms with Crippen molar-refractivity contribution in [3.63, 3.8) is 0 Å². The Bertz CT molecular complexity index is 705. The van der Waals surface area contributed by atoms with E-state index in [1.54, 1.807) is 0 Å². The molecule has 2 fully saturated rings.